The number of para-hydroxylation sites is 1. The number of carboxylic acid groups (broad SMARTS) is 1. The number of fused-ring (bicyclic) bond motifs is 1. The van der Waals surface area contributed by atoms with E-state index >= 15 is 0 Å². The molecule has 0 spiro atoms. The van der Waals surface area contributed by atoms with Crippen LogP contribution in [0.1, 0.15) is 27.3 Å². The summed E-state index contributed by atoms with van der Waals surface area (Å²) in [6, 6.07) is 18.7. The number of anilines is 1. The molecule has 0 saturated carbocycles. The SMILES string of the molecule is Cc1cc(/C=N\Nc2ccc3ccccc3n2)c(C)n1-c1ccc(C(=O)O)c(Cl)c1. The number of hydrogen-bond donors (Lipinski definition) is 2. The Hall–Kier alpha value is -3.64. The number of aromatic nitrogens is 2. The maximum Gasteiger partial charge on any atom is 0.337 e. The highest BCUT2D eigenvalue weighted by Gasteiger charge is 2.13. The molecule has 0 saturated heterocycles. The van der Waals surface area contributed by atoms with E-state index in [9.17, 15) is 4.79 Å². The third kappa shape index (κ3) is 3.77. The summed E-state index contributed by atoms with van der Waals surface area (Å²) in [4.78, 5) is 15.7. The lowest BCUT2D eigenvalue weighted by Gasteiger charge is -2.11. The number of nitrogens with zero attached hydrogens (tertiary/aromatic N) is 3. The molecular weight excluding hydrogens is 400 g/mol. The number of nitrogens with one attached hydrogen (secondary N) is 1. The zero-order chi connectivity index (χ0) is 21.3. The van der Waals surface area contributed by atoms with Gasteiger partial charge < -0.3 is 9.67 Å². The van der Waals surface area contributed by atoms with Gasteiger partial charge in [0.1, 0.15) is 5.82 Å². The second-order valence-electron chi connectivity index (χ2n) is 6.89. The van der Waals surface area contributed by atoms with Gasteiger partial charge in [-0.1, -0.05) is 29.8 Å². The van der Waals surface area contributed by atoms with Crippen LogP contribution in [0.3, 0.4) is 0 Å². The van der Waals surface area contributed by atoms with Crippen LogP contribution in [0.25, 0.3) is 16.6 Å². The molecule has 0 aliphatic rings. The number of hydrogen-bond acceptors (Lipinski definition) is 4. The van der Waals surface area contributed by atoms with E-state index in [-0.39, 0.29) is 10.6 Å². The quantitative estimate of drug-likeness (QED) is 0.334. The van der Waals surface area contributed by atoms with Gasteiger partial charge in [0.05, 0.1) is 22.3 Å². The molecule has 2 aromatic carbocycles. The zero-order valence-corrected chi connectivity index (χ0v) is 17.2. The minimum atomic E-state index is -1.05. The summed E-state index contributed by atoms with van der Waals surface area (Å²) in [6.45, 7) is 3.95. The lowest BCUT2D eigenvalue weighted by Crippen LogP contribution is -2.03. The first-order valence-corrected chi connectivity index (χ1v) is 9.69. The van der Waals surface area contributed by atoms with E-state index in [2.05, 4.69) is 15.5 Å². The van der Waals surface area contributed by atoms with Crippen LogP contribution >= 0.6 is 11.6 Å². The van der Waals surface area contributed by atoms with Crippen molar-refractivity contribution >= 4 is 40.5 Å². The molecule has 2 heterocycles. The van der Waals surface area contributed by atoms with Crippen molar-refractivity contribution in [1.82, 2.24) is 9.55 Å². The first-order valence-electron chi connectivity index (χ1n) is 9.31. The third-order valence-electron chi connectivity index (χ3n) is 4.89. The summed E-state index contributed by atoms with van der Waals surface area (Å²) < 4.78 is 2.01. The van der Waals surface area contributed by atoms with Crippen molar-refractivity contribution in [2.75, 3.05) is 5.43 Å². The molecule has 0 fully saturated rings. The van der Waals surface area contributed by atoms with Crippen molar-refractivity contribution < 1.29 is 9.90 Å². The molecule has 0 atom stereocenters. The molecule has 7 heteroatoms. The summed E-state index contributed by atoms with van der Waals surface area (Å²) in [7, 11) is 0. The fraction of sp³-hybridized carbons (Fsp3) is 0.0870. The van der Waals surface area contributed by atoms with Crippen molar-refractivity contribution in [2.24, 2.45) is 5.10 Å². The highest BCUT2D eigenvalue weighted by Crippen LogP contribution is 2.25. The second kappa shape index (κ2) is 8.00. The van der Waals surface area contributed by atoms with Gasteiger partial charge >= 0.3 is 5.97 Å². The Morgan fingerprint density at radius 2 is 1.93 bits per heavy atom. The Kier molecular flexibility index (Phi) is 5.25. The monoisotopic (exact) mass is 418 g/mol. The van der Waals surface area contributed by atoms with E-state index in [1.807, 2.05) is 60.9 Å². The Morgan fingerprint density at radius 3 is 2.70 bits per heavy atom. The average Bonchev–Trinajstić information content (AvgIpc) is 3.00. The van der Waals surface area contributed by atoms with Crippen molar-refractivity contribution in [3.63, 3.8) is 0 Å². The normalized spacial score (nSPS) is 11.3. The maximum absolute atomic E-state index is 11.2. The third-order valence-corrected chi connectivity index (χ3v) is 5.21. The summed E-state index contributed by atoms with van der Waals surface area (Å²) in [5, 5.41) is 14.8. The van der Waals surface area contributed by atoms with Gasteiger partial charge in [-0.3, -0.25) is 5.43 Å². The predicted octanol–water partition coefficient (Wildman–Crippen LogP) is 5.44. The van der Waals surface area contributed by atoms with Gasteiger partial charge in [0.25, 0.3) is 0 Å². The van der Waals surface area contributed by atoms with Crippen molar-refractivity contribution in [2.45, 2.75) is 13.8 Å². The molecule has 6 nitrogen and oxygen atoms in total. The molecule has 0 aliphatic heterocycles. The highest BCUT2D eigenvalue weighted by molar-refractivity contribution is 6.33. The fourth-order valence-electron chi connectivity index (χ4n) is 3.43. The largest absolute Gasteiger partial charge is 0.478 e. The van der Waals surface area contributed by atoms with Gasteiger partial charge in [-0.15, -0.1) is 0 Å². The first-order chi connectivity index (χ1) is 14.4. The van der Waals surface area contributed by atoms with Crippen LogP contribution in [0, 0.1) is 13.8 Å². The van der Waals surface area contributed by atoms with Gasteiger partial charge in [-0.25, -0.2) is 9.78 Å². The van der Waals surface area contributed by atoms with Gasteiger partial charge in [0.2, 0.25) is 0 Å². The summed E-state index contributed by atoms with van der Waals surface area (Å²) >= 11 is 6.14. The number of benzene rings is 2. The van der Waals surface area contributed by atoms with Crippen LogP contribution in [0.15, 0.2) is 65.8 Å². The van der Waals surface area contributed by atoms with Crippen LogP contribution in [-0.2, 0) is 0 Å². The number of carboxylic acids is 1. The molecule has 0 unspecified atom stereocenters. The number of hydrazone groups is 1. The molecule has 0 amide bonds. The van der Waals surface area contributed by atoms with Crippen LogP contribution in [0.4, 0.5) is 5.82 Å². The minimum Gasteiger partial charge on any atom is -0.478 e. The Bertz CT molecular complexity index is 1290. The molecule has 0 radical (unpaired) electrons. The second-order valence-corrected chi connectivity index (χ2v) is 7.30. The topological polar surface area (TPSA) is 79.5 Å². The van der Waals surface area contributed by atoms with Gasteiger partial charge in [-0.05, 0) is 56.3 Å². The predicted molar refractivity (Wildman–Crippen MR) is 120 cm³/mol. The zero-order valence-electron chi connectivity index (χ0n) is 16.4. The van der Waals surface area contributed by atoms with E-state index < -0.39 is 5.97 Å². The number of carbonyl (C=O) groups is 1. The van der Waals surface area contributed by atoms with Gasteiger partial charge in [-0.2, -0.15) is 5.10 Å². The van der Waals surface area contributed by atoms with Crippen LogP contribution in [0.5, 0.6) is 0 Å². The van der Waals surface area contributed by atoms with Gasteiger partial charge in [0, 0.05) is 28.0 Å². The van der Waals surface area contributed by atoms with E-state index in [1.165, 1.54) is 6.07 Å². The van der Waals surface area contributed by atoms with Crippen LogP contribution < -0.4 is 5.43 Å². The lowest BCUT2D eigenvalue weighted by molar-refractivity contribution is 0.0697. The number of aryl methyl sites for hydroxylation is 1. The van der Waals surface area contributed by atoms with E-state index in [0.29, 0.717) is 5.82 Å². The number of halogens is 1. The smallest absolute Gasteiger partial charge is 0.337 e. The molecule has 2 aromatic heterocycles. The summed E-state index contributed by atoms with van der Waals surface area (Å²) in [5.74, 6) is -0.386. The van der Waals surface area contributed by atoms with Crippen LogP contribution in [-0.4, -0.2) is 26.8 Å². The standard InChI is InChI=1S/C23H19ClN4O2/c1-14-11-17(13-25-27-22-10-7-16-5-3-4-6-21(16)26-22)15(2)28(14)18-8-9-19(23(29)30)20(24)12-18/h3-13H,1-2H3,(H,26,27)(H,29,30)/b25-13-. The molecule has 30 heavy (non-hydrogen) atoms. The Morgan fingerprint density at radius 1 is 1.13 bits per heavy atom. The molecule has 4 aromatic rings. The lowest BCUT2D eigenvalue weighted by atomic mass is 10.2. The number of aromatic carboxylic acids is 1. The van der Waals surface area contributed by atoms with Crippen molar-refractivity contribution in [3.05, 3.63) is 88.2 Å². The Labute approximate surface area is 178 Å². The van der Waals surface area contributed by atoms with Crippen molar-refractivity contribution in [3.8, 4) is 5.69 Å². The number of rotatable bonds is 5. The molecule has 2 N–H and O–H groups in total. The molecular formula is C23H19ClN4O2. The van der Waals surface area contributed by atoms with E-state index in [4.69, 9.17) is 16.7 Å². The summed E-state index contributed by atoms with van der Waals surface area (Å²) in [5.41, 5.74) is 7.62. The van der Waals surface area contributed by atoms with Crippen molar-refractivity contribution in [1.29, 1.82) is 0 Å². The molecule has 0 aliphatic carbocycles. The number of pyridine rings is 1. The van der Waals surface area contributed by atoms with E-state index in [1.54, 1.807) is 18.3 Å². The summed E-state index contributed by atoms with van der Waals surface area (Å²) in [6.07, 6.45) is 1.74. The fourth-order valence-corrected chi connectivity index (χ4v) is 3.68. The molecule has 150 valence electrons. The van der Waals surface area contributed by atoms with Crippen LogP contribution in [0.2, 0.25) is 5.02 Å². The molecule has 0 bridgehead atoms. The average molecular weight is 419 g/mol. The van der Waals surface area contributed by atoms with E-state index in [0.717, 1.165) is 33.5 Å². The maximum atomic E-state index is 11.2. The minimum absolute atomic E-state index is 0.0803. The highest BCUT2D eigenvalue weighted by atomic mass is 35.5. The first kappa shape index (κ1) is 19.7. The molecule has 4 rings (SSSR count). The van der Waals surface area contributed by atoms with Gasteiger partial charge in [0.15, 0.2) is 0 Å². The Balaban J connectivity index is 1.58.